The molecule has 0 fully saturated rings. The van der Waals surface area contributed by atoms with Gasteiger partial charge in [0.15, 0.2) is 0 Å². The maximum Gasteiger partial charge on any atom is 0.283 e. The van der Waals surface area contributed by atoms with Gasteiger partial charge < -0.3 is 5.32 Å². The van der Waals surface area contributed by atoms with Crippen molar-refractivity contribution in [2.45, 2.75) is 0 Å². The Labute approximate surface area is 110 Å². The first-order chi connectivity index (χ1) is 5.97. The minimum absolute atomic E-state index is 0. The van der Waals surface area contributed by atoms with Crippen LogP contribution in [0, 0.1) is 0 Å². The van der Waals surface area contributed by atoms with Gasteiger partial charge in [-0.25, -0.2) is 0 Å². The van der Waals surface area contributed by atoms with Crippen LogP contribution in [-0.4, -0.2) is 48.4 Å². The molecular weight excluding hydrogens is 237 g/mol. The molecule has 0 aromatic heterocycles. The minimum Gasteiger partial charge on any atom is -0.370 e. The molecule has 4 nitrogen and oxygen atoms in total. The summed E-state index contributed by atoms with van der Waals surface area (Å²) in [7, 11) is -3.99. The van der Waals surface area contributed by atoms with Crippen LogP contribution in [-0.2, 0) is 10.1 Å². The number of halogens is 1. The molecule has 0 saturated carbocycles. The van der Waals surface area contributed by atoms with Gasteiger partial charge in [0.2, 0.25) is 0 Å². The van der Waals surface area contributed by atoms with E-state index < -0.39 is 16.0 Å². The SMILES string of the molecule is O=S(=O)(O)CNc1cccc(Cl)c1.[Na]. The van der Waals surface area contributed by atoms with Crippen LogP contribution in [0.1, 0.15) is 0 Å². The predicted octanol–water partition coefficient (Wildman–Crippen LogP) is 1.22. The Kier molecular flexibility index (Phi) is 6.04. The van der Waals surface area contributed by atoms with Crippen LogP contribution in [0.15, 0.2) is 24.3 Å². The summed E-state index contributed by atoms with van der Waals surface area (Å²) < 4.78 is 29.1. The Morgan fingerprint density at radius 1 is 1.43 bits per heavy atom. The van der Waals surface area contributed by atoms with E-state index >= 15 is 0 Å². The van der Waals surface area contributed by atoms with Gasteiger partial charge in [-0.05, 0) is 18.2 Å². The van der Waals surface area contributed by atoms with E-state index in [4.69, 9.17) is 16.2 Å². The van der Waals surface area contributed by atoms with Crippen molar-refractivity contribution in [1.29, 1.82) is 0 Å². The van der Waals surface area contributed by atoms with Crippen molar-refractivity contribution in [3.05, 3.63) is 29.3 Å². The molecule has 2 N–H and O–H groups in total. The standard InChI is InChI=1S/C7H8ClNO3S.Na/c8-6-2-1-3-7(4-6)9-5-13(10,11)12;/h1-4,9H,5H2,(H,10,11,12);. The average Bonchev–Trinajstić information content (AvgIpc) is 2.00. The molecule has 1 radical (unpaired) electrons. The number of nitrogens with one attached hydrogen (secondary N) is 1. The van der Waals surface area contributed by atoms with Gasteiger partial charge in [-0.15, -0.1) is 0 Å². The second-order valence-corrected chi connectivity index (χ2v) is 4.30. The molecule has 0 aliphatic heterocycles. The fourth-order valence-corrected chi connectivity index (χ4v) is 1.31. The maximum atomic E-state index is 10.3. The molecule has 14 heavy (non-hydrogen) atoms. The molecule has 0 saturated heterocycles. The van der Waals surface area contributed by atoms with Crippen molar-refractivity contribution >= 4 is 57.0 Å². The summed E-state index contributed by atoms with van der Waals surface area (Å²) in [5, 5.41) is 3.00. The van der Waals surface area contributed by atoms with E-state index in [2.05, 4.69) is 5.32 Å². The third kappa shape index (κ3) is 5.85. The van der Waals surface area contributed by atoms with Crippen LogP contribution in [0.4, 0.5) is 5.69 Å². The fraction of sp³-hybridized carbons (Fsp3) is 0.143. The molecule has 0 unspecified atom stereocenters. The van der Waals surface area contributed by atoms with Crippen LogP contribution >= 0.6 is 11.6 Å². The quantitative estimate of drug-likeness (QED) is 0.620. The Bertz CT molecular complexity index is 396. The van der Waals surface area contributed by atoms with Crippen molar-refractivity contribution in [3.8, 4) is 0 Å². The Hall–Kier alpha value is 0.220. The van der Waals surface area contributed by atoms with Gasteiger partial charge in [0.25, 0.3) is 10.1 Å². The molecule has 0 amide bonds. The van der Waals surface area contributed by atoms with E-state index in [1.807, 2.05) is 0 Å². The topological polar surface area (TPSA) is 66.4 Å². The summed E-state index contributed by atoms with van der Waals surface area (Å²) in [5.74, 6) is -0.520. The Morgan fingerprint density at radius 2 is 2.07 bits per heavy atom. The average molecular weight is 245 g/mol. The zero-order valence-corrected chi connectivity index (χ0v) is 11.1. The summed E-state index contributed by atoms with van der Waals surface area (Å²) >= 11 is 5.64. The Balaban J connectivity index is 0.00000169. The number of rotatable bonds is 3. The first-order valence-corrected chi connectivity index (χ1v) is 5.41. The second-order valence-electron chi connectivity index (χ2n) is 2.41. The van der Waals surface area contributed by atoms with Gasteiger partial charge >= 0.3 is 0 Å². The third-order valence-electron chi connectivity index (χ3n) is 1.28. The number of benzene rings is 1. The summed E-state index contributed by atoms with van der Waals surface area (Å²) in [6.45, 7) is 0. The largest absolute Gasteiger partial charge is 0.370 e. The fourth-order valence-electron chi connectivity index (χ4n) is 0.773. The maximum absolute atomic E-state index is 10.3. The molecule has 0 aliphatic carbocycles. The van der Waals surface area contributed by atoms with E-state index in [0.29, 0.717) is 10.7 Å². The molecule has 0 heterocycles. The molecule has 7 heteroatoms. The monoisotopic (exact) mass is 244 g/mol. The number of anilines is 1. The van der Waals surface area contributed by atoms with Crippen molar-refractivity contribution < 1.29 is 13.0 Å². The van der Waals surface area contributed by atoms with Gasteiger partial charge in [-0.2, -0.15) is 8.42 Å². The number of hydrogen-bond donors (Lipinski definition) is 2. The molecular formula is C7H8ClNNaO3S. The summed E-state index contributed by atoms with van der Waals surface area (Å²) in [5.41, 5.74) is 0.546. The number of hydrogen-bond acceptors (Lipinski definition) is 3. The van der Waals surface area contributed by atoms with Crippen molar-refractivity contribution in [2.75, 3.05) is 11.2 Å². The van der Waals surface area contributed by atoms with Gasteiger partial charge in [-0.1, -0.05) is 17.7 Å². The van der Waals surface area contributed by atoms with Gasteiger partial charge in [0.05, 0.1) is 0 Å². The van der Waals surface area contributed by atoms with Gasteiger partial charge in [0.1, 0.15) is 5.88 Å². The van der Waals surface area contributed by atoms with E-state index in [9.17, 15) is 8.42 Å². The van der Waals surface area contributed by atoms with Crippen molar-refractivity contribution in [1.82, 2.24) is 0 Å². The zero-order valence-electron chi connectivity index (χ0n) is 7.57. The molecule has 1 aromatic carbocycles. The molecule has 0 spiro atoms. The van der Waals surface area contributed by atoms with Crippen LogP contribution in [0.2, 0.25) is 5.02 Å². The smallest absolute Gasteiger partial charge is 0.283 e. The zero-order chi connectivity index (χ0) is 9.90. The summed E-state index contributed by atoms with van der Waals surface area (Å²) in [6.07, 6.45) is 0. The molecule has 73 valence electrons. The predicted molar refractivity (Wildman–Crippen MR) is 57.2 cm³/mol. The van der Waals surface area contributed by atoms with Crippen molar-refractivity contribution in [2.24, 2.45) is 0 Å². The molecule has 0 bridgehead atoms. The Morgan fingerprint density at radius 3 is 2.57 bits per heavy atom. The summed E-state index contributed by atoms with van der Waals surface area (Å²) in [4.78, 5) is 0. The molecule has 0 atom stereocenters. The van der Waals surface area contributed by atoms with Crippen LogP contribution in [0.3, 0.4) is 0 Å². The molecule has 1 rings (SSSR count). The van der Waals surface area contributed by atoms with Crippen LogP contribution in [0.25, 0.3) is 0 Å². The normalized spacial score (nSPS) is 10.4. The first kappa shape index (κ1) is 14.2. The molecule has 0 aliphatic rings. The second kappa shape index (κ2) is 5.95. The van der Waals surface area contributed by atoms with E-state index in [-0.39, 0.29) is 29.6 Å². The van der Waals surface area contributed by atoms with Gasteiger partial charge in [0, 0.05) is 40.3 Å². The van der Waals surface area contributed by atoms with E-state index in [1.165, 1.54) is 0 Å². The van der Waals surface area contributed by atoms with Crippen LogP contribution in [0.5, 0.6) is 0 Å². The van der Waals surface area contributed by atoms with E-state index in [0.717, 1.165) is 0 Å². The molecule has 1 aromatic rings. The van der Waals surface area contributed by atoms with Crippen molar-refractivity contribution in [3.63, 3.8) is 0 Å². The minimum atomic E-state index is -3.99. The third-order valence-corrected chi connectivity index (χ3v) is 2.03. The van der Waals surface area contributed by atoms with Crippen LogP contribution < -0.4 is 5.32 Å². The van der Waals surface area contributed by atoms with E-state index in [1.54, 1.807) is 24.3 Å². The van der Waals surface area contributed by atoms with Gasteiger partial charge in [-0.3, -0.25) is 4.55 Å². The summed E-state index contributed by atoms with van der Waals surface area (Å²) in [6, 6.07) is 6.55. The first-order valence-electron chi connectivity index (χ1n) is 3.42.